The molecule has 3 heteroatoms. The van der Waals surface area contributed by atoms with E-state index in [1.807, 2.05) is 32.1 Å². The molecule has 0 bridgehead atoms. The molecule has 1 heterocycles. The second-order valence-corrected chi connectivity index (χ2v) is 5.46. The Kier molecular flexibility index (Phi) is 5.04. The zero-order chi connectivity index (χ0) is 14.5. The SMILES string of the molecule is C=C(N/C(C)=N/C(=C\C)C(C)(C)C)c1ccncc1. The molecule has 1 aromatic heterocycles. The standard InChI is InChI=1S/C16H23N3/c1-7-15(16(4,5)6)19-13(3)18-12(2)14-8-10-17-11-9-14/h7-11H,2H2,1,3-6H3,(H,18,19)/b15-7-. The first-order valence-electron chi connectivity index (χ1n) is 6.43. The van der Waals surface area contributed by atoms with Crippen LogP contribution in [0.3, 0.4) is 0 Å². The van der Waals surface area contributed by atoms with Gasteiger partial charge in [0.25, 0.3) is 0 Å². The van der Waals surface area contributed by atoms with Crippen LogP contribution in [0.25, 0.3) is 5.70 Å². The van der Waals surface area contributed by atoms with Crippen LogP contribution in [0.5, 0.6) is 0 Å². The van der Waals surface area contributed by atoms with Crippen LogP contribution in [-0.2, 0) is 0 Å². The van der Waals surface area contributed by atoms with Crippen LogP contribution in [0.1, 0.15) is 40.2 Å². The minimum atomic E-state index is 0.0374. The smallest absolute Gasteiger partial charge is 0.103 e. The lowest BCUT2D eigenvalue weighted by Gasteiger charge is -2.20. The summed E-state index contributed by atoms with van der Waals surface area (Å²) in [5.74, 6) is 0.838. The van der Waals surface area contributed by atoms with E-state index in [4.69, 9.17) is 0 Å². The Balaban J connectivity index is 2.80. The van der Waals surface area contributed by atoms with Crippen molar-refractivity contribution >= 4 is 11.5 Å². The van der Waals surface area contributed by atoms with Gasteiger partial charge in [0, 0.05) is 34.8 Å². The maximum atomic E-state index is 4.62. The van der Waals surface area contributed by atoms with Crippen molar-refractivity contribution in [1.29, 1.82) is 0 Å². The van der Waals surface area contributed by atoms with Crippen LogP contribution in [-0.4, -0.2) is 10.8 Å². The number of hydrogen-bond acceptors (Lipinski definition) is 2. The highest BCUT2D eigenvalue weighted by Gasteiger charge is 2.15. The molecule has 0 amide bonds. The lowest BCUT2D eigenvalue weighted by molar-refractivity contribution is 0.497. The molecular weight excluding hydrogens is 234 g/mol. The van der Waals surface area contributed by atoms with Crippen molar-refractivity contribution in [2.75, 3.05) is 0 Å². The summed E-state index contributed by atoms with van der Waals surface area (Å²) in [6.07, 6.45) is 5.54. The number of hydrogen-bond donors (Lipinski definition) is 1. The van der Waals surface area contributed by atoms with E-state index in [9.17, 15) is 0 Å². The van der Waals surface area contributed by atoms with E-state index in [2.05, 4.69) is 42.6 Å². The summed E-state index contributed by atoms with van der Waals surface area (Å²) < 4.78 is 0. The largest absolute Gasteiger partial charge is 0.344 e. The monoisotopic (exact) mass is 257 g/mol. The van der Waals surface area contributed by atoms with Gasteiger partial charge in [0.2, 0.25) is 0 Å². The summed E-state index contributed by atoms with van der Waals surface area (Å²) in [5.41, 5.74) is 2.94. The predicted octanol–water partition coefficient (Wildman–Crippen LogP) is 4.01. The number of pyridine rings is 1. The molecule has 0 saturated carbocycles. The molecule has 0 aliphatic rings. The summed E-state index contributed by atoms with van der Waals surface area (Å²) in [6, 6.07) is 3.84. The molecule has 1 N–H and O–H groups in total. The van der Waals surface area contributed by atoms with Crippen molar-refractivity contribution < 1.29 is 0 Å². The number of allylic oxidation sites excluding steroid dienone is 2. The van der Waals surface area contributed by atoms with Crippen LogP contribution in [0.2, 0.25) is 0 Å². The lowest BCUT2D eigenvalue weighted by Crippen LogP contribution is -2.20. The van der Waals surface area contributed by atoms with E-state index in [0.29, 0.717) is 0 Å². The summed E-state index contributed by atoms with van der Waals surface area (Å²) in [6.45, 7) is 14.4. The topological polar surface area (TPSA) is 37.3 Å². The second kappa shape index (κ2) is 6.32. The van der Waals surface area contributed by atoms with E-state index in [0.717, 1.165) is 22.8 Å². The molecule has 0 saturated heterocycles. The normalized spacial score (nSPS) is 13.3. The zero-order valence-electron chi connectivity index (χ0n) is 12.5. The summed E-state index contributed by atoms with van der Waals surface area (Å²) in [4.78, 5) is 8.61. The van der Waals surface area contributed by atoms with Gasteiger partial charge in [-0.2, -0.15) is 0 Å². The lowest BCUT2D eigenvalue weighted by atomic mass is 9.92. The molecule has 19 heavy (non-hydrogen) atoms. The van der Waals surface area contributed by atoms with Crippen LogP contribution in [0, 0.1) is 5.41 Å². The zero-order valence-corrected chi connectivity index (χ0v) is 12.5. The summed E-state index contributed by atoms with van der Waals surface area (Å²) >= 11 is 0. The molecule has 1 rings (SSSR count). The van der Waals surface area contributed by atoms with Gasteiger partial charge >= 0.3 is 0 Å². The third-order valence-electron chi connectivity index (χ3n) is 2.69. The molecule has 0 fully saturated rings. The van der Waals surface area contributed by atoms with Gasteiger partial charge in [-0.15, -0.1) is 0 Å². The van der Waals surface area contributed by atoms with Gasteiger partial charge in [-0.25, -0.2) is 4.99 Å². The fourth-order valence-corrected chi connectivity index (χ4v) is 1.72. The fraction of sp³-hybridized carbons (Fsp3) is 0.375. The first-order valence-corrected chi connectivity index (χ1v) is 6.43. The van der Waals surface area contributed by atoms with E-state index >= 15 is 0 Å². The van der Waals surface area contributed by atoms with E-state index in [1.165, 1.54) is 0 Å². The third kappa shape index (κ3) is 4.70. The van der Waals surface area contributed by atoms with Gasteiger partial charge < -0.3 is 5.32 Å². The van der Waals surface area contributed by atoms with Crippen LogP contribution < -0.4 is 5.32 Å². The Labute approximate surface area is 116 Å². The maximum Gasteiger partial charge on any atom is 0.103 e. The fourth-order valence-electron chi connectivity index (χ4n) is 1.72. The molecule has 0 atom stereocenters. The first kappa shape index (κ1) is 15.2. The highest BCUT2D eigenvalue weighted by atomic mass is 15.0. The number of aromatic nitrogens is 1. The minimum Gasteiger partial charge on any atom is -0.344 e. The van der Waals surface area contributed by atoms with Gasteiger partial charge in [0.05, 0.1) is 0 Å². The quantitative estimate of drug-likeness (QED) is 0.656. The molecule has 0 aromatic carbocycles. The molecule has 1 aromatic rings. The van der Waals surface area contributed by atoms with Crippen LogP contribution in [0.4, 0.5) is 0 Å². The van der Waals surface area contributed by atoms with Crippen molar-refractivity contribution in [1.82, 2.24) is 10.3 Å². The van der Waals surface area contributed by atoms with Crippen molar-refractivity contribution in [3.63, 3.8) is 0 Å². The Morgan fingerprint density at radius 2 is 1.89 bits per heavy atom. The maximum absolute atomic E-state index is 4.62. The first-order chi connectivity index (χ1) is 8.84. The van der Waals surface area contributed by atoms with Crippen LogP contribution >= 0.6 is 0 Å². The van der Waals surface area contributed by atoms with Gasteiger partial charge in [-0.3, -0.25) is 4.98 Å². The number of amidine groups is 1. The van der Waals surface area contributed by atoms with Crippen molar-refractivity contribution in [2.45, 2.75) is 34.6 Å². The van der Waals surface area contributed by atoms with E-state index < -0.39 is 0 Å². The minimum absolute atomic E-state index is 0.0374. The highest BCUT2D eigenvalue weighted by Crippen LogP contribution is 2.26. The number of nitrogens with one attached hydrogen (secondary N) is 1. The Morgan fingerprint density at radius 3 is 2.37 bits per heavy atom. The molecule has 0 spiro atoms. The molecule has 0 radical (unpaired) electrons. The number of aliphatic imine (C=N–C) groups is 1. The third-order valence-corrected chi connectivity index (χ3v) is 2.69. The number of nitrogens with zero attached hydrogens (tertiary/aromatic N) is 2. The van der Waals surface area contributed by atoms with Gasteiger partial charge in [-0.05, 0) is 26.0 Å². The molecular formula is C16H23N3. The average Bonchev–Trinajstić information content (AvgIpc) is 2.35. The summed E-state index contributed by atoms with van der Waals surface area (Å²) in [7, 11) is 0. The van der Waals surface area contributed by atoms with Crippen LogP contribution in [0.15, 0.2) is 47.9 Å². The predicted molar refractivity (Wildman–Crippen MR) is 82.7 cm³/mol. The molecule has 0 aliphatic heterocycles. The van der Waals surface area contributed by atoms with Gasteiger partial charge in [-0.1, -0.05) is 33.4 Å². The second-order valence-electron chi connectivity index (χ2n) is 5.46. The molecule has 0 aliphatic carbocycles. The van der Waals surface area contributed by atoms with Crippen molar-refractivity contribution in [2.24, 2.45) is 10.4 Å². The summed E-state index contributed by atoms with van der Waals surface area (Å²) in [5, 5.41) is 3.22. The molecule has 0 unspecified atom stereocenters. The van der Waals surface area contributed by atoms with Gasteiger partial charge in [0.15, 0.2) is 0 Å². The Hall–Kier alpha value is -1.90. The van der Waals surface area contributed by atoms with Crippen molar-refractivity contribution in [3.05, 3.63) is 48.4 Å². The molecule has 102 valence electrons. The van der Waals surface area contributed by atoms with Gasteiger partial charge in [0.1, 0.15) is 5.84 Å². The highest BCUT2D eigenvalue weighted by molar-refractivity contribution is 5.89. The molecule has 3 nitrogen and oxygen atoms in total. The Morgan fingerprint density at radius 1 is 1.32 bits per heavy atom. The van der Waals surface area contributed by atoms with Crippen molar-refractivity contribution in [3.8, 4) is 0 Å². The van der Waals surface area contributed by atoms with E-state index in [1.54, 1.807) is 12.4 Å². The van der Waals surface area contributed by atoms with E-state index in [-0.39, 0.29) is 5.41 Å². The number of rotatable bonds is 3. The Bertz CT molecular complexity index is 490. The average molecular weight is 257 g/mol.